The van der Waals surface area contributed by atoms with Crippen LogP contribution in [0.1, 0.15) is 31.4 Å². The van der Waals surface area contributed by atoms with Gasteiger partial charge in [-0.05, 0) is 30.4 Å². The maximum atomic E-state index is 13.6. The summed E-state index contributed by atoms with van der Waals surface area (Å²) in [6, 6.07) is 10.3. The highest BCUT2D eigenvalue weighted by molar-refractivity contribution is 5.86. The Morgan fingerprint density at radius 3 is 2.61 bits per heavy atom. The van der Waals surface area contributed by atoms with Gasteiger partial charge in [0.25, 0.3) is 0 Å². The minimum absolute atomic E-state index is 0.255. The molecule has 0 aliphatic heterocycles. The number of benzene rings is 2. The molecule has 18 heavy (non-hydrogen) atoms. The molecular weight excluding hydrogens is 227 g/mol. The summed E-state index contributed by atoms with van der Waals surface area (Å²) in [6.45, 7) is 1.78. The van der Waals surface area contributed by atoms with Crippen LogP contribution in [-0.2, 0) is 0 Å². The van der Waals surface area contributed by atoms with Crippen LogP contribution in [0.3, 0.4) is 0 Å². The Hall–Kier alpha value is -1.85. The molecule has 0 saturated carbocycles. The van der Waals surface area contributed by atoms with E-state index in [1.165, 1.54) is 6.07 Å². The first kappa shape index (κ1) is 12.6. The van der Waals surface area contributed by atoms with Gasteiger partial charge in [0.05, 0.1) is 6.10 Å². The van der Waals surface area contributed by atoms with E-state index in [9.17, 15) is 9.50 Å². The molecule has 2 rings (SSSR count). The van der Waals surface area contributed by atoms with Crippen LogP contribution in [0.4, 0.5) is 4.39 Å². The summed E-state index contributed by atoms with van der Waals surface area (Å²) in [5.74, 6) is 5.47. The Kier molecular flexibility index (Phi) is 3.96. The van der Waals surface area contributed by atoms with Gasteiger partial charge in [-0.25, -0.2) is 4.39 Å². The molecule has 1 N–H and O–H groups in total. The monoisotopic (exact) mass is 242 g/mol. The maximum Gasteiger partial charge on any atom is 0.131 e. The summed E-state index contributed by atoms with van der Waals surface area (Å²) in [4.78, 5) is 0. The molecule has 0 bridgehead atoms. The average Bonchev–Trinajstić information content (AvgIpc) is 2.39. The molecule has 0 aromatic heterocycles. The zero-order valence-corrected chi connectivity index (χ0v) is 10.3. The Morgan fingerprint density at radius 2 is 1.89 bits per heavy atom. The second-order valence-corrected chi connectivity index (χ2v) is 4.16. The fourth-order valence-electron chi connectivity index (χ4n) is 2.07. The van der Waals surface area contributed by atoms with Gasteiger partial charge in [0.1, 0.15) is 5.82 Å². The predicted molar refractivity (Wildman–Crippen MR) is 71.5 cm³/mol. The minimum Gasteiger partial charge on any atom is -0.388 e. The Bertz CT molecular complexity index is 607. The summed E-state index contributed by atoms with van der Waals surface area (Å²) in [5, 5.41) is 11.5. The first-order chi connectivity index (χ1) is 8.74. The third-order valence-electron chi connectivity index (χ3n) is 2.98. The molecule has 1 unspecified atom stereocenters. The Morgan fingerprint density at radius 1 is 1.17 bits per heavy atom. The molecule has 2 heteroatoms. The van der Waals surface area contributed by atoms with Crippen LogP contribution >= 0.6 is 0 Å². The van der Waals surface area contributed by atoms with Gasteiger partial charge in [0.15, 0.2) is 0 Å². The van der Waals surface area contributed by atoms with Crippen molar-refractivity contribution in [2.24, 2.45) is 0 Å². The largest absolute Gasteiger partial charge is 0.388 e. The molecule has 0 aliphatic carbocycles. The van der Waals surface area contributed by atoms with Crippen LogP contribution in [0.5, 0.6) is 0 Å². The molecule has 92 valence electrons. The SMILES string of the molecule is CC#CCCC(O)c1ccc(F)c2ccccc12. The summed E-state index contributed by atoms with van der Waals surface area (Å²) >= 11 is 0. The van der Waals surface area contributed by atoms with Gasteiger partial charge in [0.2, 0.25) is 0 Å². The first-order valence-electron chi connectivity index (χ1n) is 5.99. The van der Waals surface area contributed by atoms with Crippen molar-refractivity contribution >= 4 is 10.8 Å². The number of hydrogen-bond donors (Lipinski definition) is 1. The number of hydrogen-bond acceptors (Lipinski definition) is 1. The topological polar surface area (TPSA) is 20.2 Å². The summed E-state index contributed by atoms with van der Waals surface area (Å²) in [7, 11) is 0. The van der Waals surface area contributed by atoms with Crippen molar-refractivity contribution in [3.8, 4) is 11.8 Å². The second kappa shape index (κ2) is 5.66. The van der Waals surface area contributed by atoms with E-state index in [0.29, 0.717) is 18.2 Å². The van der Waals surface area contributed by atoms with Crippen LogP contribution in [0, 0.1) is 17.7 Å². The lowest BCUT2D eigenvalue weighted by Crippen LogP contribution is -1.99. The molecule has 2 aromatic rings. The predicted octanol–water partition coefficient (Wildman–Crippen LogP) is 3.82. The highest BCUT2D eigenvalue weighted by Crippen LogP contribution is 2.28. The summed E-state index contributed by atoms with van der Waals surface area (Å²) in [6.07, 6.45) is 0.608. The summed E-state index contributed by atoms with van der Waals surface area (Å²) < 4.78 is 13.6. The average molecular weight is 242 g/mol. The van der Waals surface area contributed by atoms with Crippen molar-refractivity contribution in [2.75, 3.05) is 0 Å². The van der Waals surface area contributed by atoms with Gasteiger partial charge < -0.3 is 5.11 Å². The van der Waals surface area contributed by atoms with Crippen LogP contribution in [-0.4, -0.2) is 5.11 Å². The van der Waals surface area contributed by atoms with E-state index < -0.39 is 6.10 Å². The number of fused-ring (bicyclic) bond motifs is 1. The van der Waals surface area contributed by atoms with E-state index >= 15 is 0 Å². The third-order valence-corrected chi connectivity index (χ3v) is 2.98. The van der Waals surface area contributed by atoms with E-state index in [4.69, 9.17) is 0 Å². The van der Waals surface area contributed by atoms with Crippen LogP contribution < -0.4 is 0 Å². The van der Waals surface area contributed by atoms with Crippen molar-refractivity contribution in [1.29, 1.82) is 0 Å². The highest BCUT2D eigenvalue weighted by atomic mass is 19.1. The second-order valence-electron chi connectivity index (χ2n) is 4.16. The molecule has 0 spiro atoms. The lowest BCUT2D eigenvalue weighted by Gasteiger charge is -2.13. The molecule has 0 fully saturated rings. The van der Waals surface area contributed by atoms with Gasteiger partial charge >= 0.3 is 0 Å². The van der Waals surface area contributed by atoms with Gasteiger partial charge in [-0.3, -0.25) is 0 Å². The fourth-order valence-corrected chi connectivity index (χ4v) is 2.07. The molecule has 1 atom stereocenters. The van der Waals surface area contributed by atoms with Crippen molar-refractivity contribution in [1.82, 2.24) is 0 Å². The lowest BCUT2D eigenvalue weighted by molar-refractivity contribution is 0.171. The lowest BCUT2D eigenvalue weighted by atomic mass is 9.97. The molecule has 0 amide bonds. The highest BCUT2D eigenvalue weighted by Gasteiger charge is 2.12. The Balaban J connectivity index is 2.38. The van der Waals surface area contributed by atoms with Crippen molar-refractivity contribution in [2.45, 2.75) is 25.9 Å². The van der Waals surface area contributed by atoms with E-state index in [2.05, 4.69) is 11.8 Å². The zero-order chi connectivity index (χ0) is 13.0. The number of aliphatic hydroxyl groups excluding tert-OH is 1. The zero-order valence-electron chi connectivity index (χ0n) is 10.3. The number of rotatable bonds is 3. The quantitative estimate of drug-likeness (QED) is 0.811. The molecule has 0 heterocycles. The van der Waals surface area contributed by atoms with Gasteiger partial charge in [-0.15, -0.1) is 11.8 Å². The molecule has 0 saturated heterocycles. The van der Waals surface area contributed by atoms with Crippen molar-refractivity contribution in [3.05, 3.63) is 47.8 Å². The van der Waals surface area contributed by atoms with Gasteiger partial charge in [-0.2, -0.15) is 0 Å². The molecule has 2 aromatic carbocycles. The number of halogens is 1. The van der Waals surface area contributed by atoms with Crippen molar-refractivity contribution < 1.29 is 9.50 Å². The summed E-state index contributed by atoms with van der Waals surface area (Å²) in [5.41, 5.74) is 0.768. The minimum atomic E-state index is -0.601. The third kappa shape index (κ3) is 2.52. The van der Waals surface area contributed by atoms with Crippen LogP contribution in [0.25, 0.3) is 10.8 Å². The van der Waals surface area contributed by atoms with Crippen molar-refractivity contribution in [3.63, 3.8) is 0 Å². The van der Waals surface area contributed by atoms with E-state index in [-0.39, 0.29) is 5.82 Å². The Labute approximate surface area is 106 Å². The standard InChI is InChI=1S/C16H15FO/c1-2-3-4-9-16(18)14-10-11-15(17)13-8-6-5-7-12(13)14/h5-8,10-11,16,18H,4,9H2,1H3. The van der Waals surface area contributed by atoms with Crippen LogP contribution in [0.2, 0.25) is 0 Å². The normalized spacial score (nSPS) is 11.9. The molecular formula is C16H15FO. The van der Waals surface area contributed by atoms with E-state index in [1.54, 1.807) is 25.1 Å². The smallest absolute Gasteiger partial charge is 0.131 e. The maximum absolute atomic E-state index is 13.6. The number of aliphatic hydroxyl groups is 1. The fraction of sp³-hybridized carbons (Fsp3) is 0.250. The van der Waals surface area contributed by atoms with Gasteiger partial charge in [-0.1, -0.05) is 30.3 Å². The molecule has 1 nitrogen and oxygen atoms in total. The van der Waals surface area contributed by atoms with Gasteiger partial charge in [0, 0.05) is 11.8 Å². The first-order valence-corrected chi connectivity index (χ1v) is 5.99. The van der Waals surface area contributed by atoms with Crippen LogP contribution in [0.15, 0.2) is 36.4 Å². The van der Waals surface area contributed by atoms with E-state index in [0.717, 1.165) is 10.9 Å². The molecule has 0 aliphatic rings. The molecule has 0 radical (unpaired) electrons. The van der Waals surface area contributed by atoms with E-state index in [1.807, 2.05) is 12.1 Å².